The van der Waals surface area contributed by atoms with Gasteiger partial charge in [-0.3, -0.25) is 19.2 Å². The third-order valence-electron chi connectivity index (χ3n) is 11.7. The first kappa shape index (κ1) is 44.1. The number of aliphatic carboxylic acids is 1. The van der Waals surface area contributed by atoms with E-state index in [2.05, 4.69) is 5.32 Å². The van der Waals surface area contributed by atoms with Crippen molar-refractivity contribution in [1.29, 1.82) is 5.26 Å². The van der Waals surface area contributed by atoms with Crippen molar-refractivity contribution in [3.63, 3.8) is 0 Å². The number of aliphatic hydroxyl groups is 5. The summed E-state index contributed by atoms with van der Waals surface area (Å²) in [6, 6.07) is 2.03. The predicted octanol–water partition coefficient (Wildman–Crippen LogP) is -0.418. The maximum absolute atomic E-state index is 14.1. The summed E-state index contributed by atoms with van der Waals surface area (Å²) < 4.78 is 28.9. The predicted molar refractivity (Wildman–Crippen MR) is 205 cm³/mol. The highest BCUT2D eigenvalue weighted by Crippen LogP contribution is 2.57. The van der Waals surface area contributed by atoms with Crippen molar-refractivity contribution < 1.29 is 88.8 Å². The van der Waals surface area contributed by atoms with Gasteiger partial charge in [-0.05, 0) is 49.6 Å². The number of aliphatic hydroxyl groups excluding tert-OH is 5. The molecule has 2 aliphatic carbocycles. The highest BCUT2D eigenvalue weighted by Gasteiger charge is 2.52. The molecular formula is C41H43N3O18. The molecule has 10 N–H and O–H groups in total. The number of benzene rings is 3. The molecule has 2 heterocycles. The first-order chi connectivity index (χ1) is 29.2. The third kappa shape index (κ3) is 7.04. The number of nitriles is 1. The molecule has 2 aliphatic heterocycles. The number of ether oxygens (including phenoxy) is 5. The smallest absolute Gasteiger partial charge is 0.325 e. The number of carbonyl (C=O) groups is 4. The molecule has 7 rings (SSSR count). The average molecular weight is 866 g/mol. The van der Waals surface area contributed by atoms with Crippen LogP contribution in [0.25, 0.3) is 11.1 Å². The van der Waals surface area contributed by atoms with Gasteiger partial charge in [0.15, 0.2) is 30.3 Å². The van der Waals surface area contributed by atoms with E-state index in [4.69, 9.17) is 23.7 Å². The second kappa shape index (κ2) is 16.4. The van der Waals surface area contributed by atoms with E-state index in [-0.39, 0.29) is 28.0 Å². The number of amides is 1. The van der Waals surface area contributed by atoms with Crippen molar-refractivity contribution in [3.05, 3.63) is 68.8 Å². The van der Waals surface area contributed by atoms with E-state index in [1.807, 2.05) is 6.19 Å². The normalized spacial score (nSPS) is 29.3. The Kier molecular flexibility index (Phi) is 11.7. The number of phenolic OH excluding ortho intramolecular Hbond substituents is 3. The van der Waals surface area contributed by atoms with Gasteiger partial charge in [0.2, 0.25) is 0 Å². The van der Waals surface area contributed by atoms with Crippen LogP contribution in [0.15, 0.2) is 24.3 Å². The Bertz CT molecular complexity index is 2420. The van der Waals surface area contributed by atoms with Crippen LogP contribution in [0.2, 0.25) is 0 Å². The molecule has 4 aliphatic rings. The van der Waals surface area contributed by atoms with Gasteiger partial charge in [0.1, 0.15) is 71.8 Å². The molecule has 21 nitrogen and oxygen atoms in total. The lowest BCUT2D eigenvalue weighted by molar-refractivity contribution is -0.344. The lowest BCUT2D eigenvalue weighted by Crippen LogP contribution is -2.65. The monoisotopic (exact) mass is 865 g/mol. The van der Waals surface area contributed by atoms with Crippen LogP contribution in [0.1, 0.15) is 84.9 Å². The fraction of sp³-hybridized carbons (Fsp3) is 0.439. The van der Waals surface area contributed by atoms with Crippen LogP contribution in [0.3, 0.4) is 0 Å². The number of hydrogen-bond donors (Lipinski definition) is 10. The van der Waals surface area contributed by atoms with Gasteiger partial charge in [0, 0.05) is 35.4 Å². The second-order valence-corrected chi connectivity index (χ2v) is 15.5. The highest BCUT2D eigenvalue weighted by molar-refractivity contribution is 6.31. The minimum atomic E-state index is -1.95. The van der Waals surface area contributed by atoms with Crippen molar-refractivity contribution >= 4 is 23.4 Å². The number of likely N-dealkylation sites (N-methyl/N-ethyl adjacent to an activating group) is 1. The van der Waals surface area contributed by atoms with Gasteiger partial charge in [0.05, 0.1) is 42.6 Å². The Labute approximate surface area is 351 Å². The maximum Gasteiger partial charge on any atom is 0.325 e. The molecule has 3 aromatic carbocycles. The van der Waals surface area contributed by atoms with Gasteiger partial charge in [-0.2, -0.15) is 5.26 Å². The Morgan fingerprint density at radius 2 is 1.53 bits per heavy atom. The summed E-state index contributed by atoms with van der Waals surface area (Å²) >= 11 is 0. The number of nitrogens with one attached hydrogen (secondary N) is 1. The van der Waals surface area contributed by atoms with E-state index in [1.165, 1.54) is 47.1 Å². The highest BCUT2D eigenvalue weighted by atomic mass is 16.7. The van der Waals surface area contributed by atoms with E-state index < -0.39 is 154 Å². The number of rotatable bonds is 9. The van der Waals surface area contributed by atoms with E-state index in [1.54, 1.807) is 0 Å². The van der Waals surface area contributed by atoms with Crippen molar-refractivity contribution in [2.75, 3.05) is 20.8 Å². The van der Waals surface area contributed by atoms with Crippen LogP contribution < -0.4 is 10.1 Å². The van der Waals surface area contributed by atoms with Crippen LogP contribution in [-0.4, -0.2) is 156 Å². The van der Waals surface area contributed by atoms with Crippen molar-refractivity contribution in [2.45, 2.75) is 94.3 Å². The molecule has 0 spiro atoms. The van der Waals surface area contributed by atoms with Crippen molar-refractivity contribution in [1.82, 2.24) is 10.2 Å². The second-order valence-electron chi connectivity index (χ2n) is 15.5. The van der Waals surface area contributed by atoms with E-state index in [9.17, 15) is 70.4 Å². The maximum atomic E-state index is 14.1. The zero-order chi connectivity index (χ0) is 45.4. The Morgan fingerprint density at radius 3 is 2.18 bits per heavy atom. The number of fused-ring (bicyclic) bond motifs is 5. The molecule has 0 unspecified atom stereocenters. The molecule has 62 heavy (non-hydrogen) atoms. The minimum absolute atomic E-state index is 0.000341. The standard InChI is InChI=1S/C41H43N3O18/c1-12-6-19-25(32(51)22(12)38(55)43-13(2)39(56)57)24-17(9-18-26(33(24)52)29(48)16-7-15(58-5)8-20(45)23(16)28(18)47)30(49)36(19)61-41-35(54)37(27(14(3)60-41)44(4)11-42)62-40-34(53)31(50)21(46)10-59-40/h6-9,13-14,21,27,30-31,34-37,40-41,45-46,49-54H,10H2,1-5H3,(H,43,55)(H,56,57)/t13-,14-,21-,27+,30+,31+,34-,35-,36+,37+,40+,41+/m1/s1. The molecule has 3 aromatic rings. The minimum Gasteiger partial charge on any atom is -0.507 e. The molecule has 12 atom stereocenters. The number of carbonyl (C=O) groups excluding carboxylic acids is 3. The summed E-state index contributed by atoms with van der Waals surface area (Å²) in [7, 11) is 2.61. The van der Waals surface area contributed by atoms with Crippen LogP contribution in [0.4, 0.5) is 0 Å². The molecule has 2 fully saturated rings. The summed E-state index contributed by atoms with van der Waals surface area (Å²) in [5, 5.41) is 112. The molecule has 2 saturated heterocycles. The van der Waals surface area contributed by atoms with Crippen molar-refractivity contribution in [3.8, 4) is 40.3 Å². The van der Waals surface area contributed by atoms with E-state index in [0.717, 1.165) is 17.0 Å². The first-order valence-electron chi connectivity index (χ1n) is 19.1. The van der Waals surface area contributed by atoms with Crippen LogP contribution in [-0.2, 0) is 23.7 Å². The Morgan fingerprint density at radius 1 is 0.887 bits per heavy atom. The number of aryl methyl sites for hydroxylation is 1. The number of ketones is 2. The molecular weight excluding hydrogens is 822 g/mol. The van der Waals surface area contributed by atoms with Gasteiger partial charge in [-0.25, -0.2) is 0 Å². The molecule has 330 valence electrons. The van der Waals surface area contributed by atoms with Gasteiger partial charge >= 0.3 is 5.97 Å². The largest absolute Gasteiger partial charge is 0.507 e. The number of carboxylic acid groups (broad SMARTS) is 1. The van der Waals surface area contributed by atoms with Crippen molar-refractivity contribution in [2.24, 2.45) is 0 Å². The molecule has 0 saturated carbocycles. The van der Waals surface area contributed by atoms with Gasteiger partial charge in [0.25, 0.3) is 5.91 Å². The summed E-state index contributed by atoms with van der Waals surface area (Å²) in [6.45, 7) is 3.56. The number of methoxy groups -OCH3 is 1. The number of aromatic hydroxyl groups is 3. The van der Waals surface area contributed by atoms with Gasteiger partial charge in [-0.1, -0.05) is 6.07 Å². The average Bonchev–Trinajstić information content (AvgIpc) is 3.22. The quantitative estimate of drug-likeness (QED) is 0.0754. The zero-order valence-corrected chi connectivity index (χ0v) is 33.5. The zero-order valence-electron chi connectivity index (χ0n) is 33.5. The summed E-state index contributed by atoms with van der Waals surface area (Å²) in [5.41, 5.74) is -3.66. The number of hydrogen-bond acceptors (Lipinski definition) is 19. The van der Waals surface area contributed by atoms with E-state index >= 15 is 0 Å². The topological polar surface area (TPSA) is 336 Å². The van der Waals surface area contributed by atoms with Crippen LogP contribution >= 0.6 is 0 Å². The lowest BCUT2D eigenvalue weighted by atomic mass is 9.74. The summed E-state index contributed by atoms with van der Waals surface area (Å²) in [4.78, 5) is 54.5. The van der Waals surface area contributed by atoms with Gasteiger partial charge < -0.3 is 79.9 Å². The Balaban J connectivity index is 1.38. The number of nitrogens with zero attached hydrogens (tertiary/aromatic N) is 2. The Hall–Kier alpha value is -5.93. The summed E-state index contributed by atoms with van der Waals surface area (Å²) in [6.07, 6.45) is -14.7. The molecule has 0 aromatic heterocycles. The summed E-state index contributed by atoms with van der Waals surface area (Å²) in [5.74, 6) is -6.81. The fourth-order valence-corrected chi connectivity index (χ4v) is 8.48. The number of phenols is 3. The van der Waals surface area contributed by atoms with Crippen LogP contribution in [0, 0.1) is 18.4 Å². The van der Waals surface area contributed by atoms with Gasteiger partial charge in [-0.15, -0.1) is 0 Å². The SMILES string of the molecule is COc1cc(O)c2c(c1)C(=O)c1c(cc3c(c1O)-c1c(cc(C)c(C(=O)N[C@H](C)C(=O)O)c1O)[C@H](O[C@@H]1O[C@H](C)[C@H](N(C)C#N)[C@H](O[C@@H]4OC[C@@H](O)[C@H](O)[C@H]4O)[C@H]1O)[C@H]3O)C2=O. The van der Waals surface area contributed by atoms with E-state index in [0.29, 0.717) is 0 Å². The third-order valence-corrected chi connectivity index (χ3v) is 11.7. The lowest BCUT2D eigenvalue weighted by Gasteiger charge is -2.48. The molecule has 0 bridgehead atoms. The molecule has 0 radical (unpaired) electrons. The first-order valence-corrected chi connectivity index (χ1v) is 19.1. The molecule has 21 heteroatoms. The number of carboxylic acids is 1. The van der Waals surface area contributed by atoms with Crippen LogP contribution in [0.5, 0.6) is 23.0 Å². The molecule has 1 amide bonds. The fourth-order valence-electron chi connectivity index (χ4n) is 8.48.